The largest absolute Gasteiger partial charge is 0.497 e. The molecule has 1 aliphatic heterocycles. The number of methoxy groups -OCH3 is 1. The lowest BCUT2D eigenvalue weighted by Crippen LogP contribution is -2.49. The van der Waals surface area contributed by atoms with Gasteiger partial charge in [-0.1, -0.05) is 6.08 Å². The van der Waals surface area contributed by atoms with Crippen molar-refractivity contribution in [2.75, 3.05) is 50.1 Å². The van der Waals surface area contributed by atoms with Crippen molar-refractivity contribution in [2.24, 2.45) is 0 Å². The third-order valence-corrected chi connectivity index (χ3v) is 4.28. The van der Waals surface area contributed by atoms with E-state index in [0.29, 0.717) is 31.3 Å². The third-order valence-electron chi connectivity index (χ3n) is 4.28. The number of ether oxygens (including phenoxy) is 1. The number of hydrogen-bond donors (Lipinski definition) is 1. The van der Waals surface area contributed by atoms with Crippen LogP contribution in [0.15, 0.2) is 49.2 Å². The van der Waals surface area contributed by atoms with Gasteiger partial charge in [0.15, 0.2) is 0 Å². The number of anilines is 2. The van der Waals surface area contributed by atoms with E-state index in [1.54, 1.807) is 25.4 Å². The summed E-state index contributed by atoms with van der Waals surface area (Å²) in [6, 6.07) is 9.63. The van der Waals surface area contributed by atoms with Gasteiger partial charge in [-0.2, -0.15) is 0 Å². The molecule has 1 N–H and O–H groups in total. The maximum Gasteiger partial charge on any atom is 0.272 e. The third kappa shape index (κ3) is 4.11. The molecule has 26 heavy (non-hydrogen) atoms. The van der Waals surface area contributed by atoms with Crippen LogP contribution in [0.2, 0.25) is 0 Å². The number of nitrogens with one attached hydrogen (secondary N) is 1. The second-order valence-electron chi connectivity index (χ2n) is 5.91. The normalized spacial score (nSPS) is 14.0. The highest BCUT2D eigenvalue weighted by Crippen LogP contribution is 2.21. The van der Waals surface area contributed by atoms with Crippen molar-refractivity contribution in [2.45, 2.75) is 0 Å². The minimum absolute atomic E-state index is 0.0663. The first-order valence-corrected chi connectivity index (χ1v) is 8.57. The summed E-state index contributed by atoms with van der Waals surface area (Å²) >= 11 is 0. The van der Waals surface area contributed by atoms with E-state index >= 15 is 0 Å². The fraction of sp³-hybridized carbons (Fsp3) is 0.316. The van der Waals surface area contributed by atoms with Crippen LogP contribution in [0.25, 0.3) is 0 Å². The fourth-order valence-electron chi connectivity index (χ4n) is 2.85. The Bertz CT molecular complexity index is 755. The molecule has 3 rings (SSSR count). The summed E-state index contributed by atoms with van der Waals surface area (Å²) in [6.07, 6.45) is 3.31. The maximum absolute atomic E-state index is 12.7. The second-order valence-corrected chi connectivity index (χ2v) is 5.91. The summed E-state index contributed by atoms with van der Waals surface area (Å²) in [7, 11) is 1.66. The van der Waals surface area contributed by atoms with E-state index in [0.717, 1.165) is 24.5 Å². The van der Waals surface area contributed by atoms with Gasteiger partial charge < -0.3 is 19.9 Å². The summed E-state index contributed by atoms with van der Waals surface area (Å²) in [5.74, 6) is 1.21. The van der Waals surface area contributed by atoms with E-state index in [4.69, 9.17) is 4.74 Å². The predicted molar refractivity (Wildman–Crippen MR) is 102 cm³/mol. The molecule has 1 saturated heterocycles. The van der Waals surface area contributed by atoms with Crippen LogP contribution in [0.4, 0.5) is 11.6 Å². The van der Waals surface area contributed by atoms with Gasteiger partial charge in [0.1, 0.15) is 11.4 Å². The summed E-state index contributed by atoms with van der Waals surface area (Å²) in [5.41, 5.74) is 1.54. The number of carbonyl (C=O) groups is 1. The molecule has 0 unspecified atom stereocenters. The van der Waals surface area contributed by atoms with E-state index in [1.807, 2.05) is 29.2 Å². The number of hydrogen-bond acceptors (Lipinski definition) is 6. The molecule has 0 spiro atoms. The van der Waals surface area contributed by atoms with Gasteiger partial charge in [-0.05, 0) is 30.3 Å². The van der Waals surface area contributed by atoms with E-state index in [-0.39, 0.29) is 5.91 Å². The van der Waals surface area contributed by atoms with E-state index in [9.17, 15) is 4.79 Å². The lowest BCUT2D eigenvalue weighted by atomic mass is 10.2. The Hall–Kier alpha value is -3.09. The number of carbonyl (C=O) groups excluding carboxylic acids is 1. The Kier molecular flexibility index (Phi) is 5.68. The predicted octanol–water partition coefficient (Wildman–Crippen LogP) is 2.05. The standard InChI is InChI=1S/C19H23N5O2/c1-3-9-20-19-21-10-8-17(22-19)18(25)24-13-11-23(12-14-24)15-4-6-16(26-2)7-5-15/h3-8,10H,1,9,11-14H2,2H3,(H,20,21,22). The Morgan fingerprint density at radius 3 is 2.62 bits per heavy atom. The van der Waals surface area contributed by atoms with Crippen molar-refractivity contribution in [1.82, 2.24) is 14.9 Å². The van der Waals surface area contributed by atoms with E-state index in [1.165, 1.54) is 0 Å². The topological polar surface area (TPSA) is 70.6 Å². The average Bonchev–Trinajstić information content (AvgIpc) is 2.72. The van der Waals surface area contributed by atoms with Crippen LogP contribution in [-0.4, -0.2) is 60.6 Å². The van der Waals surface area contributed by atoms with Gasteiger partial charge in [-0.15, -0.1) is 6.58 Å². The molecule has 7 nitrogen and oxygen atoms in total. The first-order chi connectivity index (χ1) is 12.7. The minimum Gasteiger partial charge on any atom is -0.497 e. The van der Waals surface area contributed by atoms with Crippen LogP contribution in [-0.2, 0) is 0 Å². The quantitative estimate of drug-likeness (QED) is 0.802. The van der Waals surface area contributed by atoms with Crippen LogP contribution in [0, 0.1) is 0 Å². The van der Waals surface area contributed by atoms with Crippen molar-refractivity contribution in [3.8, 4) is 5.75 Å². The van der Waals surface area contributed by atoms with Crippen LogP contribution in [0.3, 0.4) is 0 Å². The number of aromatic nitrogens is 2. The van der Waals surface area contributed by atoms with Gasteiger partial charge in [-0.3, -0.25) is 4.79 Å². The average molecular weight is 353 g/mol. The molecule has 2 aromatic rings. The minimum atomic E-state index is -0.0663. The molecule has 2 heterocycles. The van der Waals surface area contributed by atoms with Crippen LogP contribution in [0.5, 0.6) is 5.75 Å². The molecule has 1 aromatic heterocycles. The van der Waals surface area contributed by atoms with Crippen molar-refractivity contribution in [1.29, 1.82) is 0 Å². The van der Waals surface area contributed by atoms with Crippen LogP contribution >= 0.6 is 0 Å². The lowest BCUT2D eigenvalue weighted by Gasteiger charge is -2.36. The highest BCUT2D eigenvalue weighted by Gasteiger charge is 2.23. The van der Waals surface area contributed by atoms with Crippen LogP contribution in [0.1, 0.15) is 10.5 Å². The summed E-state index contributed by atoms with van der Waals surface area (Å²) < 4.78 is 5.19. The van der Waals surface area contributed by atoms with Gasteiger partial charge in [0.25, 0.3) is 5.91 Å². The van der Waals surface area contributed by atoms with E-state index < -0.39 is 0 Å². The number of nitrogens with zero attached hydrogens (tertiary/aromatic N) is 4. The number of benzene rings is 1. The van der Waals surface area contributed by atoms with Crippen molar-refractivity contribution in [3.63, 3.8) is 0 Å². The first-order valence-electron chi connectivity index (χ1n) is 8.57. The Labute approximate surface area is 153 Å². The molecule has 136 valence electrons. The first kappa shape index (κ1) is 17.7. The molecule has 0 radical (unpaired) electrons. The van der Waals surface area contributed by atoms with Gasteiger partial charge >= 0.3 is 0 Å². The summed E-state index contributed by atoms with van der Waals surface area (Å²) in [5, 5.41) is 3.00. The zero-order valence-corrected chi connectivity index (χ0v) is 14.9. The van der Waals surface area contributed by atoms with Gasteiger partial charge in [0, 0.05) is 44.6 Å². The molecular weight excluding hydrogens is 330 g/mol. The molecule has 7 heteroatoms. The molecular formula is C19H23N5O2. The number of rotatable bonds is 6. The van der Waals surface area contributed by atoms with E-state index in [2.05, 4.69) is 26.8 Å². The SMILES string of the molecule is C=CCNc1nccc(C(=O)N2CCN(c3ccc(OC)cc3)CC2)n1. The van der Waals surface area contributed by atoms with Crippen molar-refractivity contribution >= 4 is 17.5 Å². The zero-order valence-electron chi connectivity index (χ0n) is 14.9. The second kappa shape index (κ2) is 8.33. The zero-order chi connectivity index (χ0) is 18.4. The van der Waals surface area contributed by atoms with Gasteiger partial charge in [0.2, 0.25) is 5.95 Å². The highest BCUT2D eigenvalue weighted by molar-refractivity contribution is 5.92. The Balaban J connectivity index is 1.60. The molecule has 1 aliphatic rings. The van der Waals surface area contributed by atoms with Crippen molar-refractivity contribution < 1.29 is 9.53 Å². The van der Waals surface area contributed by atoms with Gasteiger partial charge in [-0.25, -0.2) is 9.97 Å². The summed E-state index contributed by atoms with van der Waals surface area (Å²) in [6.45, 7) is 7.08. The number of amides is 1. The molecule has 0 bridgehead atoms. The molecule has 0 aliphatic carbocycles. The lowest BCUT2D eigenvalue weighted by molar-refractivity contribution is 0.0741. The molecule has 1 fully saturated rings. The highest BCUT2D eigenvalue weighted by atomic mass is 16.5. The van der Waals surface area contributed by atoms with Crippen molar-refractivity contribution in [3.05, 3.63) is 54.9 Å². The van der Waals surface area contributed by atoms with Crippen LogP contribution < -0.4 is 15.0 Å². The maximum atomic E-state index is 12.7. The number of piperazine rings is 1. The van der Waals surface area contributed by atoms with Gasteiger partial charge in [0.05, 0.1) is 7.11 Å². The molecule has 0 atom stereocenters. The smallest absolute Gasteiger partial charge is 0.272 e. The summed E-state index contributed by atoms with van der Waals surface area (Å²) in [4.78, 5) is 25.2. The fourth-order valence-corrected chi connectivity index (χ4v) is 2.85. The Morgan fingerprint density at radius 2 is 1.96 bits per heavy atom. The molecule has 1 aromatic carbocycles. The molecule has 1 amide bonds. The molecule has 0 saturated carbocycles. The monoisotopic (exact) mass is 353 g/mol. The Morgan fingerprint density at radius 1 is 1.23 bits per heavy atom.